The number of benzene rings is 1. The van der Waals surface area contributed by atoms with Crippen molar-refractivity contribution in [1.29, 1.82) is 0 Å². The van der Waals surface area contributed by atoms with Crippen molar-refractivity contribution < 1.29 is 14.6 Å². The molecule has 8 heteroatoms. The highest BCUT2D eigenvalue weighted by Crippen LogP contribution is 2.27. The number of nitrogens with zero attached hydrogens (tertiary/aromatic N) is 3. The van der Waals surface area contributed by atoms with Gasteiger partial charge in [-0.3, -0.25) is 4.99 Å². The van der Waals surface area contributed by atoms with Gasteiger partial charge in [0.15, 0.2) is 5.96 Å². The SMILES string of the molecule is CN=C(NCCCOC1CCOCC1)N1CCN(c2ccccc2O)CC1.I. The molecule has 2 fully saturated rings. The van der Waals surface area contributed by atoms with Crippen molar-refractivity contribution in [2.45, 2.75) is 25.4 Å². The second-order valence-electron chi connectivity index (χ2n) is 6.97. The summed E-state index contributed by atoms with van der Waals surface area (Å²) in [5.74, 6) is 1.29. The molecule has 0 amide bonds. The molecule has 0 atom stereocenters. The molecule has 7 nitrogen and oxygen atoms in total. The van der Waals surface area contributed by atoms with Crippen LogP contribution in [0.2, 0.25) is 0 Å². The Hall–Kier alpha value is -1.26. The predicted octanol–water partition coefficient (Wildman–Crippen LogP) is 2.29. The maximum Gasteiger partial charge on any atom is 0.193 e. The summed E-state index contributed by atoms with van der Waals surface area (Å²) < 4.78 is 11.3. The lowest BCUT2D eigenvalue weighted by atomic mass is 10.1. The fraction of sp³-hybridized carbons (Fsp3) is 0.650. The number of hydrogen-bond acceptors (Lipinski definition) is 5. The average Bonchev–Trinajstić information content (AvgIpc) is 2.72. The summed E-state index contributed by atoms with van der Waals surface area (Å²) in [5.41, 5.74) is 0.908. The number of piperazine rings is 1. The zero-order chi connectivity index (χ0) is 18.9. The predicted molar refractivity (Wildman–Crippen MR) is 123 cm³/mol. The van der Waals surface area contributed by atoms with Gasteiger partial charge in [0.05, 0.1) is 11.8 Å². The van der Waals surface area contributed by atoms with Crippen LogP contribution in [0.1, 0.15) is 19.3 Å². The van der Waals surface area contributed by atoms with Gasteiger partial charge in [-0.2, -0.15) is 0 Å². The lowest BCUT2D eigenvalue weighted by molar-refractivity contribution is -0.0320. The Bertz CT molecular complexity index is 603. The molecule has 3 rings (SSSR count). The number of nitrogens with one attached hydrogen (secondary N) is 1. The van der Waals surface area contributed by atoms with E-state index in [0.29, 0.717) is 11.9 Å². The molecular weight excluding hydrogens is 471 g/mol. The molecule has 0 radical (unpaired) electrons. The summed E-state index contributed by atoms with van der Waals surface area (Å²) in [4.78, 5) is 8.92. The van der Waals surface area contributed by atoms with E-state index >= 15 is 0 Å². The normalized spacial score (nSPS) is 18.7. The van der Waals surface area contributed by atoms with Gasteiger partial charge >= 0.3 is 0 Å². The van der Waals surface area contributed by atoms with Gasteiger partial charge in [0, 0.05) is 59.6 Å². The van der Waals surface area contributed by atoms with Crippen LogP contribution in [0.25, 0.3) is 0 Å². The van der Waals surface area contributed by atoms with Gasteiger partial charge in [-0.25, -0.2) is 0 Å². The molecule has 1 aromatic rings. The van der Waals surface area contributed by atoms with E-state index in [1.54, 1.807) is 6.07 Å². The molecule has 0 unspecified atom stereocenters. The summed E-state index contributed by atoms with van der Waals surface area (Å²) in [6, 6.07) is 7.53. The van der Waals surface area contributed by atoms with Crippen LogP contribution >= 0.6 is 24.0 Å². The minimum Gasteiger partial charge on any atom is -0.506 e. The minimum atomic E-state index is 0. The molecule has 28 heavy (non-hydrogen) atoms. The van der Waals surface area contributed by atoms with E-state index in [1.807, 2.05) is 25.2 Å². The molecular formula is C20H33IN4O3. The van der Waals surface area contributed by atoms with Gasteiger partial charge in [0.2, 0.25) is 0 Å². The first-order valence-corrected chi connectivity index (χ1v) is 9.96. The summed E-state index contributed by atoms with van der Waals surface area (Å²) in [6.45, 7) is 6.77. The molecule has 0 aliphatic carbocycles. The number of ether oxygens (including phenoxy) is 2. The Morgan fingerprint density at radius 3 is 2.61 bits per heavy atom. The first kappa shape index (κ1) is 23.0. The summed E-state index contributed by atoms with van der Waals surface area (Å²) >= 11 is 0. The first-order chi connectivity index (χ1) is 13.3. The summed E-state index contributed by atoms with van der Waals surface area (Å²) in [5, 5.41) is 13.5. The van der Waals surface area contributed by atoms with Gasteiger partial charge in [-0.05, 0) is 31.4 Å². The highest BCUT2D eigenvalue weighted by atomic mass is 127. The molecule has 2 N–H and O–H groups in total. The van der Waals surface area contributed by atoms with Crippen LogP contribution in [0, 0.1) is 0 Å². The topological polar surface area (TPSA) is 69.6 Å². The number of rotatable bonds is 6. The van der Waals surface area contributed by atoms with Crippen LogP contribution in [0.5, 0.6) is 5.75 Å². The molecule has 0 saturated carbocycles. The van der Waals surface area contributed by atoms with E-state index < -0.39 is 0 Å². The third-order valence-electron chi connectivity index (χ3n) is 5.14. The molecule has 0 spiro atoms. The Balaban J connectivity index is 0.00000280. The highest BCUT2D eigenvalue weighted by Gasteiger charge is 2.21. The van der Waals surface area contributed by atoms with Crippen LogP contribution in [0.15, 0.2) is 29.3 Å². The van der Waals surface area contributed by atoms with Crippen molar-refractivity contribution in [1.82, 2.24) is 10.2 Å². The molecule has 2 saturated heterocycles. The zero-order valence-corrected chi connectivity index (χ0v) is 19.0. The van der Waals surface area contributed by atoms with E-state index in [4.69, 9.17) is 9.47 Å². The van der Waals surface area contributed by atoms with E-state index in [0.717, 1.165) is 83.5 Å². The van der Waals surface area contributed by atoms with Gasteiger partial charge in [0.25, 0.3) is 0 Å². The lowest BCUT2D eigenvalue weighted by Gasteiger charge is -2.37. The monoisotopic (exact) mass is 504 g/mol. The Morgan fingerprint density at radius 2 is 1.93 bits per heavy atom. The van der Waals surface area contributed by atoms with Gasteiger partial charge in [0.1, 0.15) is 5.75 Å². The number of hydrogen-bond donors (Lipinski definition) is 2. The van der Waals surface area contributed by atoms with Crippen molar-refractivity contribution in [3.8, 4) is 5.75 Å². The van der Waals surface area contributed by atoms with Gasteiger partial charge in [-0.1, -0.05) is 12.1 Å². The van der Waals surface area contributed by atoms with Crippen LogP contribution in [-0.2, 0) is 9.47 Å². The van der Waals surface area contributed by atoms with Crippen molar-refractivity contribution in [2.24, 2.45) is 4.99 Å². The molecule has 2 heterocycles. The van der Waals surface area contributed by atoms with Gasteiger partial charge < -0.3 is 29.7 Å². The summed E-state index contributed by atoms with van der Waals surface area (Å²) in [7, 11) is 1.83. The van der Waals surface area contributed by atoms with Crippen LogP contribution in [-0.4, -0.2) is 81.7 Å². The highest BCUT2D eigenvalue weighted by molar-refractivity contribution is 14.0. The largest absolute Gasteiger partial charge is 0.506 e. The Labute approximate surface area is 185 Å². The van der Waals surface area contributed by atoms with Crippen LogP contribution in [0.4, 0.5) is 5.69 Å². The van der Waals surface area contributed by atoms with Crippen molar-refractivity contribution in [3.63, 3.8) is 0 Å². The number of aromatic hydroxyl groups is 1. The van der Waals surface area contributed by atoms with E-state index in [9.17, 15) is 5.11 Å². The number of aliphatic imine (C=N–C) groups is 1. The Kier molecular flexibility index (Phi) is 10.1. The second kappa shape index (κ2) is 12.3. The molecule has 1 aromatic carbocycles. The molecule has 0 bridgehead atoms. The molecule has 0 aromatic heterocycles. The maximum atomic E-state index is 10.0. The standard InChI is InChI=1S/C20H32N4O3.HI/c1-21-20(22-9-4-14-27-17-7-15-26-16-8-17)24-12-10-23(11-13-24)18-5-2-3-6-19(18)25;/h2-3,5-6,17,25H,4,7-16H2,1H3,(H,21,22);1H. The number of halogens is 1. The molecule has 2 aliphatic heterocycles. The number of guanidine groups is 1. The van der Waals surface area contributed by atoms with Crippen molar-refractivity contribution in [2.75, 3.05) is 64.5 Å². The third-order valence-corrected chi connectivity index (χ3v) is 5.14. The minimum absolute atomic E-state index is 0. The zero-order valence-electron chi connectivity index (χ0n) is 16.7. The first-order valence-electron chi connectivity index (χ1n) is 9.96. The fourth-order valence-electron chi connectivity index (χ4n) is 3.59. The van der Waals surface area contributed by atoms with E-state index in [1.165, 1.54) is 0 Å². The lowest BCUT2D eigenvalue weighted by Crippen LogP contribution is -2.52. The number of phenolic OH excluding ortho intramolecular Hbond substituents is 1. The van der Waals surface area contributed by atoms with Crippen molar-refractivity contribution >= 4 is 35.6 Å². The number of anilines is 1. The third kappa shape index (κ3) is 6.66. The number of para-hydroxylation sites is 2. The maximum absolute atomic E-state index is 10.0. The smallest absolute Gasteiger partial charge is 0.193 e. The van der Waals surface area contributed by atoms with Crippen LogP contribution in [0.3, 0.4) is 0 Å². The van der Waals surface area contributed by atoms with Crippen LogP contribution < -0.4 is 10.2 Å². The quantitative estimate of drug-likeness (QED) is 0.268. The molecule has 2 aliphatic rings. The fourth-order valence-corrected chi connectivity index (χ4v) is 3.59. The van der Waals surface area contributed by atoms with E-state index in [2.05, 4.69) is 20.1 Å². The Morgan fingerprint density at radius 1 is 1.21 bits per heavy atom. The number of phenols is 1. The van der Waals surface area contributed by atoms with Crippen molar-refractivity contribution in [3.05, 3.63) is 24.3 Å². The van der Waals surface area contributed by atoms with Gasteiger partial charge in [-0.15, -0.1) is 24.0 Å². The molecule has 158 valence electrons. The second-order valence-corrected chi connectivity index (χ2v) is 6.97. The summed E-state index contributed by atoms with van der Waals surface area (Å²) in [6.07, 6.45) is 3.35. The average molecular weight is 504 g/mol. The van der Waals surface area contributed by atoms with E-state index in [-0.39, 0.29) is 24.0 Å².